The van der Waals surface area contributed by atoms with Gasteiger partial charge in [-0.05, 0) is 49.6 Å². The smallest absolute Gasteiger partial charge is 0.0591 e. The minimum Gasteiger partial charge on any atom is -0.132 e. The van der Waals surface area contributed by atoms with Gasteiger partial charge in [-0.25, -0.2) is 0 Å². The van der Waals surface area contributed by atoms with Crippen LogP contribution >= 0.6 is 38.9 Å². The zero-order chi connectivity index (χ0) is 15.6. The van der Waals surface area contributed by atoms with Crippen LogP contribution in [0.15, 0.2) is 65.1 Å². The van der Waals surface area contributed by atoms with Crippen LogP contribution < -0.4 is 0 Å². The monoisotopic (exact) mass is 396 g/mol. The summed E-state index contributed by atoms with van der Waals surface area (Å²) in [6.45, 7) is 0. The van der Waals surface area contributed by atoms with E-state index in [0.29, 0.717) is 0 Å². The van der Waals surface area contributed by atoms with Crippen LogP contribution in [0.4, 0.5) is 0 Å². The Labute approximate surface area is 150 Å². The Balaban J connectivity index is 2.21. The first-order valence-corrected chi connectivity index (χ1v) is 9.33. The fourth-order valence-electron chi connectivity index (χ4n) is 3.39. The van der Waals surface area contributed by atoms with Gasteiger partial charge < -0.3 is 0 Å². The maximum Gasteiger partial charge on any atom is 0.0591 e. The molecule has 0 unspecified atom stereocenters. The van der Waals surface area contributed by atoms with E-state index in [-0.39, 0.29) is 0 Å². The van der Waals surface area contributed by atoms with Crippen molar-refractivity contribution in [2.75, 3.05) is 0 Å². The van der Waals surface area contributed by atoms with Crippen molar-refractivity contribution in [1.82, 2.24) is 0 Å². The summed E-state index contributed by atoms with van der Waals surface area (Å²) in [5.74, 6) is 0. The molecule has 5 rings (SSSR count). The second kappa shape index (κ2) is 4.94. The molecule has 0 amide bonds. The summed E-state index contributed by atoms with van der Waals surface area (Å²) >= 11 is 12.1. The fourth-order valence-corrected chi connectivity index (χ4v) is 5.55. The topological polar surface area (TPSA) is 0 Å². The molecule has 23 heavy (non-hydrogen) atoms. The molecule has 0 nitrogen and oxygen atoms in total. The lowest BCUT2D eigenvalue weighted by atomic mass is 10.00. The molecule has 0 saturated heterocycles. The van der Waals surface area contributed by atoms with E-state index in [1.54, 1.807) is 11.3 Å². The quantitative estimate of drug-likeness (QED) is 0.250. The molecule has 0 aliphatic rings. The molecule has 3 heteroatoms. The molecular weight excluding hydrogens is 388 g/mol. The Hall–Kier alpha value is -1.61. The van der Waals surface area contributed by atoms with Crippen LogP contribution in [-0.2, 0) is 0 Å². The SMILES string of the molecule is Clc1cc2ccccc2c2c1sc1c(Br)cc3ccccc3c12. The minimum atomic E-state index is 0.830. The Kier molecular flexibility index (Phi) is 2.96. The second-order valence-electron chi connectivity index (χ2n) is 5.67. The molecule has 110 valence electrons. The van der Waals surface area contributed by atoms with Crippen LogP contribution in [-0.4, -0.2) is 0 Å². The molecule has 0 aliphatic heterocycles. The predicted octanol–water partition coefficient (Wildman–Crippen LogP) is 7.78. The number of fused-ring (bicyclic) bond motifs is 7. The Morgan fingerprint density at radius 2 is 1.30 bits per heavy atom. The van der Waals surface area contributed by atoms with Gasteiger partial charge in [0, 0.05) is 15.2 Å². The number of benzene rings is 4. The fraction of sp³-hybridized carbons (Fsp3) is 0. The minimum absolute atomic E-state index is 0.830. The van der Waals surface area contributed by atoms with Gasteiger partial charge in [0.1, 0.15) is 0 Å². The van der Waals surface area contributed by atoms with E-state index in [1.165, 1.54) is 37.0 Å². The molecule has 0 spiro atoms. The first kappa shape index (κ1) is 13.8. The van der Waals surface area contributed by atoms with E-state index in [2.05, 4.69) is 76.6 Å². The van der Waals surface area contributed by atoms with Gasteiger partial charge in [-0.15, -0.1) is 11.3 Å². The van der Waals surface area contributed by atoms with E-state index in [4.69, 9.17) is 11.6 Å². The van der Waals surface area contributed by atoms with Crippen LogP contribution in [0.25, 0.3) is 41.7 Å². The summed E-state index contributed by atoms with van der Waals surface area (Å²) in [5.41, 5.74) is 0. The van der Waals surface area contributed by atoms with Gasteiger partial charge in [-0.2, -0.15) is 0 Å². The van der Waals surface area contributed by atoms with Crippen LogP contribution in [0, 0.1) is 0 Å². The largest absolute Gasteiger partial charge is 0.132 e. The highest BCUT2D eigenvalue weighted by atomic mass is 79.9. The zero-order valence-corrected chi connectivity index (χ0v) is 15.1. The van der Waals surface area contributed by atoms with E-state index in [1.807, 2.05) is 0 Å². The van der Waals surface area contributed by atoms with Crippen LogP contribution in [0.5, 0.6) is 0 Å². The zero-order valence-electron chi connectivity index (χ0n) is 11.9. The first-order chi connectivity index (χ1) is 11.2. The van der Waals surface area contributed by atoms with Crippen molar-refractivity contribution in [3.8, 4) is 0 Å². The molecule has 0 bridgehead atoms. The number of rotatable bonds is 0. The lowest BCUT2D eigenvalue weighted by molar-refractivity contribution is 1.79. The Bertz CT molecular complexity index is 1140. The van der Waals surface area contributed by atoms with Gasteiger partial charge in [0.15, 0.2) is 0 Å². The van der Waals surface area contributed by atoms with Crippen molar-refractivity contribution in [2.45, 2.75) is 0 Å². The molecule has 1 aromatic heterocycles. The van der Waals surface area contributed by atoms with Crippen LogP contribution in [0.2, 0.25) is 5.02 Å². The van der Waals surface area contributed by atoms with Crippen molar-refractivity contribution >= 4 is 80.6 Å². The van der Waals surface area contributed by atoms with Crippen molar-refractivity contribution in [3.63, 3.8) is 0 Å². The molecule has 0 aliphatic carbocycles. The van der Waals surface area contributed by atoms with Crippen molar-refractivity contribution in [3.05, 3.63) is 70.2 Å². The number of halogens is 2. The molecule has 4 aromatic carbocycles. The van der Waals surface area contributed by atoms with Crippen molar-refractivity contribution < 1.29 is 0 Å². The summed E-state index contributed by atoms with van der Waals surface area (Å²) < 4.78 is 3.56. The number of hydrogen-bond acceptors (Lipinski definition) is 1. The van der Waals surface area contributed by atoms with E-state index < -0.39 is 0 Å². The van der Waals surface area contributed by atoms with Crippen LogP contribution in [0.1, 0.15) is 0 Å². The third kappa shape index (κ3) is 1.89. The maximum absolute atomic E-state index is 6.61. The third-order valence-electron chi connectivity index (χ3n) is 4.37. The molecular formula is C20H10BrClS. The van der Waals surface area contributed by atoms with E-state index in [0.717, 1.165) is 14.2 Å². The first-order valence-electron chi connectivity index (χ1n) is 7.35. The highest BCUT2D eigenvalue weighted by molar-refractivity contribution is 9.10. The summed E-state index contributed by atoms with van der Waals surface area (Å²) in [7, 11) is 0. The highest BCUT2D eigenvalue weighted by Crippen LogP contribution is 2.47. The lowest BCUT2D eigenvalue weighted by Gasteiger charge is -2.05. The molecule has 0 radical (unpaired) electrons. The standard InChI is InChI=1S/C20H10BrClS/c21-15-9-11-5-1-3-7-13(11)17-18-14-8-4-2-6-12(14)10-16(22)20(18)23-19(15)17/h1-10H. The Morgan fingerprint density at radius 3 is 2.00 bits per heavy atom. The summed E-state index contributed by atoms with van der Waals surface area (Å²) in [5, 5.41) is 8.38. The second-order valence-corrected chi connectivity index (χ2v) is 7.95. The predicted molar refractivity (Wildman–Crippen MR) is 107 cm³/mol. The van der Waals surface area contributed by atoms with Gasteiger partial charge in [0.05, 0.1) is 14.4 Å². The maximum atomic E-state index is 6.61. The summed E-state index contributed by atoms with van der Waals surface area (Å²) in [6.07, 6.45) is 0. The van der Waals surface area contributed by atoms with Crippen LogP contribution in [0.3, 0.4) is 0 Å². The normalized spacial score (nSPS) is 11.9. The molecule has 0 fully saturated rings. The number of thiophene rings is 1. The van der Waals surface area contributed by atoms with Gasteiger partial charge in [-0.3, -0.25) is 0 Å². The Morgan fingerprint density at radius 1 is 0.739 bits per heavy atom. The third-order valence-corrected chi connectivity index (χ3v) is 6.92. The summed E-state index contributed by atoms with van der Waals surface area (Å²) in [4.78, 5) is 0. The average molecular weight is 398 g/mol. The molecule has 0 atom stereocenters. The van der Waals surface area contributed by atoms with Crippen molar-refractivity contribution in [1.29, 1.82) is 0 Å². The molecule has 5 aromatic rings. The highest BCUT2D eigenvalue weighted by Gasteiger charge is 2.16. The molecule has 1 heterocycles. The summed E-state index contributed by atoms with van der Waals surface area (Å²) in [6, 6.07) is 21.3. The van der Waals surface area contributed by atoms with E-state index >= 15 is 0 Å². The van der Waals surface area contributed by atoms with E-state index in [9.17, 15) is 0 Å². The van der Waals surface area contributed by atoms with Gasteiger partial charge in [-0.1, -0.05) is 60.1 Å². The van der Waals surface area contributed by atoms with Gasteiger partial charge >= 0.3 is 0 Å². The van der Waals surface area contributed by atoms with Crippen molar-refractivity contribution in [2.24, 2.45) is 0 Å². The van der Waals surface area contributed by atoms with Gasteiger partial charge in [0.25, 0.3) is 0 Å². The molecule has 0 saturated carbocycles. The average Bonchev–Trinajstić information content (AvgIpc) is 2.98. The van der Waals surface area contributed by atoms with Gasteiger partial charge in [0.2, 0.25) is 0 Å². The molecule has 0 N–H and O–H groups in total. The number of hydrogen-bond donors (Lipinski definition) is 0. The lowest BCUT2D eigenvalue weighted by Crippen LogP contribution is -1.78.